The van der Waals surface area contributed by atoms with E-state index in [-0.39, 0.29) is 17.9 Å². The van der Waals surface area contributed by atoms with Crippen LogP contribution < -0.4 is 0 Å². The molecule has 0 amide bonds. The minimum absolute atomic E-state index is 0.00784. The van der Waals surface area contributed by atoms with Crippen LogP contribution in [0.3, 0.4) is 0 Å². The summed E-state index contributed by atoms with van der Waals surface area (Å²) in [5.74, 6) is -0.874. The summed E-state index contributed by atoms with van der Waals surface area (Å²) in [7, 11) is -1.65. The lowest BCUT2D eigenvalue weighted by molar-refractivity contribution is -0.138. The van der Waals surface area contributed by atoms with Gasteiger partial charge in [-0.05, 0) is 38.5 Å². The smallest absolute Gasteiger partial charge is 0.303 e. The van der Waals surface area contributed by atoms with Crippen LogP contribution in [0.1, 0.15) is 39.5 Å². The van der Waals surface area contributed by atoms with Gasteiger partial charge in [0.05, 0.1) is 23.5 Å². The summed E-state index contributed by atoms with van der Waals surface area (Å²) in [6.07, 6.45) is 1.79. The van der Waals surface area contributed by atoms with Gasteiger partial charge in [0, 0.05) is 7.11 Å². The van der Waals surface area contributed by atoms with Crippen molar-refractivity contribution in [1.29, 1.82) is 0 Å². The summed E-state index contributed by atoms with van der Waals surface area (Å²) in [6, 6.07) is 0. The Morgan fingerprint density at radius 1 is 1.39 bits per heavy atom. The highest BCUT2D eigenvalue weighted by Crippen LogP contribution is 2.50. The Bertz CT molecular complexity index is 406. The van der Waals surface area contributed by atoms with Gasteiger partial charge in [0.2, 0.25) is 0 Å². The van der Waals surface area contributed by atoms with E-state index in [1.165, 1.54) is 0 Å². The van der Waals surface area contributed by atoms with Gasteiger partial charge in [-0.3, -0.25) is 4.79 Å². The van der Waals surface area contributed by atoms with E-state index in [0.717, 1.165) is 0 Å². The number of carboxylic acids is 1. The van der Waals surface area contributed by atoms with Gasteiger partial charge in [-0.2, -0.15) is 0 Å². The van der Waals surface area contributed by atoms with Crippen molar-refractivity contribution in [3.8, 4) is 0 Å². The fraction of sp³-hybridized carbons (Fsp3) is 0.917. The predicted octanol–water partition coefficient (Wildman–Crippen LogP) is 1.47. The van der Waals surface area contributed by atoms with Crippen LogP contribution in [0.25, 0.3) is 0 Å². The Morgan fingerprint density at radius 2 is 1.94 bits per heavy atom. The van der Waals surface area contributed by atoms with Crippen molar-refractivity contribution >= 4 is 15.8 Å². The minimum Gasteiger partial charge on any atom is -0.481 e. The summed E-state index contributed by atoms with van der Waals surface area (Å²) in [6.45, 7) is 3.68. The molecule has 0 aromatic rings. The lowest BCUT2D eigenvalue weighted by Crippen LogP contribution is -2.29. The number of aliphatic carboxylic acids is 1. The number of hydrogen-bond donors (Lipinski definition) is 1. The van der Waals surface area contributed by atoms with E-state index in [1.54, 1.807) is 7.11 Å². The molecule has 0 atom stereocenters. The Balaban J connectivity index is 2.53. The van der Waals surface area contributed by atoms with Gasteiger partial charge < -0.3 is 9.84 Å². The van der Waals surface area contributed by atoms with Crippen LogP contribution >= 0.6 is 0 Å². The molecular weight excluding hydrogens is 256 g/mol. The molecule has 5 nitrogen and oxygen atoms in total. The molecule has 0 aromatic heterocycles. The minimum atomic E-state index is -3.21. The molecule has 0 spiro atoms. The van der Waals surface area contributed by atoms with Gasteiger partial charge in [-0.15, -0.1) is 0 Å². The first-order chi connectivity index (χ1) is 8.10. The molecule has 6 heteroatoms. The molecule has 1 rings (SSSR count). The topological polar surface area (TPSA) is 80.7 Å². The summed E-state index contributed by atoms with van der Waals surface area (Å²) in [4.78, 5) is 10.7. The van der Waals surface area contributed by atoms with Crippen LogP contribution in [-0.4, -0.2) is 43.7 Å². The van der Waals surface area contributed by atoms with Gasteiger partial charge in [0.15, 0.2) is 9.84 Å². The maximum absolute atomic E-state index is 12.0. The summed E-state index contributed by atoms with van der Waals surface area (Å²) < 4.78 is 29.1. The molecule has 0 aliphatic heterocycles. The first-order valence-corrected chi connectivity index (χ1v) is 7.89. The van der Waals surface area contributed by atoms with Crippen molar-refractivity contribution in [3.05, 3.63) is 0 Å². The summed E-state index contributed by atoms with van der Waals surface area (Å²) in [5, 5.41) is 8.77. The maximum Gasteiger partial charge on any atom is 0.303 e. The van der Waals surface area contributed by atoms with E-state index < -0.39 is 26.8 Å². The Kier molecular flexibility index (Phi) is 4.43. The fourth-order valence-corrected chi connectivity index (χ4v) is 4.18. The summed E-state index contributed by atoms with van der Waals surface area (Å²) in [5.41, 5.74) is -0.960. The zero-order valence-corrected chi connectivity index (χ0v) is 12.0. The number of ether oxygens (including phenoxy) is 1. The second-order valence-electron chi connectivity index (χ2n) is 5.88. The van der Waals surface area contributed by atoms with Crippen molar-refractivity contribution in [2.75, 3.05) is 18.6 Å². The van der Waals surface area contributed by atoms with Crippen molar-refractivity contribution in [2.45, 2.75) is 45.1 Å². The number of carboxylic acid groups (broad SMARTS) is 1. The molecule has 106 valence electrons. The largest absolute Gasteiger partial charge is 0.481 e. The van der Waals surface area contributed by atoms with Crippen molar-refractivity contribution in [3.63, 3.8) is 0 Å². The van der Waals surface area contributed by atoms with E-state index in [0.29, 0.717) is 19.3 Å². The summed E-state index contributed by atoms with van der Waals surface area (Å²) >= 11 is 0. The highest BCUT2D eigenvalue weighted by molar-refractivity contribution is 7.91. The van der Waals surface area contributed by atoms with Crippen molar-refractivity contribution < 1.29 is 23.1 Å². The van der Waals surface area contributed by atoms with Crippen LogP contribution in [0, 0.1) is 5.41 Å². The van der Waals surface area contributed by atoms with E-state index in [4.69, 9.17) is 9.84 Å². The molecule has 1 aliphatic carbocycles. The van der Waals surface area contributed by atoms with Crippen LogP contribution in [0.2, 0.25) is 0 Å². The lowest BCUT2D eigenvalue weighted by atomic mass is 10.1. The lowest BCUT2D eigenvalue weighted by Gasteiger charge is -2.23. The molecule has 1 aliphatic rings. The third kappa shape index (κ3) is 4.94. The molecule has 1 N–H and O–H groups in total. The van der Waals surface area contributed by atoms with E-state index in [1.807, 2.05) is 13.8 Å². The Labute approximate surface area is 108 Å². The quantitative estimate of drug-likeness (QED) is 0.727. The SMILES string of the molecule is COC(C)(C)CCS(=O)(=O)CC1(CC(=O)O)CC1. The average molecular weight is 278 g/mol. The van der Waals surface area contributed by atoms with E-state index in [2.05, 4.69) is 0 Å². The number of rotatable bonds is 8. The standard InChI is InChI=1S/C12H22O5S/c1-11(2,17-3)6-7-18(15,16)9-12(4-5-12)8-10(13)14/h4-9H2,1-3H3,(H,13,14). The highest BCUT2D eigenvalue weighted by atomic mass is 32.2. The molecule has 1 fully saturated rings. The maximum atomic E-state index is 12.0. The van der Waals surface area contributed by atoms with E-state index >= 15 is 0 Å². The molecular formula is C12H22O5S. The zero-order valence-electron chi connectivity index (χ0n) is 11.2. The molecule has 0 saturated heterocycles. The van der Waals surface area contributed by atoms with Gasteiger partial charge in [-0.25, -0.2) is 8.42 Å². The highest BCUT2D eigenvalue weighted by Gasteiger charge is 2.47. The molecule has 0 aromatic carbocycles. The van der Waals surface area contributed by atoms with Gasteiger partial charge >= 0.3 is 5.97 Å². The normalized spacial score (nSPS) is 18.6. The fourth-order valence-electron chi connectivity index (χ4n) is 1.91. The van der Waals surface area contributed by atoms with Gasteiger partial charge in [0.25, 0.3) is 0 Å². The van der Waals surface area contributed by atoms with Gasteiger partial charge in [0.1, 0.15) is 0 Å². The molecule has 1 saturated carbocycles. The molecule has 0 bridgehead atoms. The first-order valence-electron chi connectivity index (χ1n) is 6.07. The Morgan fingerprint density at radius 3 is 2.33 bits per heavy atom. The van der Waals surface area contributed by atoms with Crippen LogP contribution in [0.15, 0.2) is 0 Å². The molecule has 0 radical (unpaired) electrons. The van der Waals surface area contributed by atoms with E-state index in [9.17, 15) is 13.2 Å². The predicted molar refractivity (Wildman–Crippen MR) is 68.3 cm³/mol. The third-order valence-corrected chi connectivity index (χ3v) is 5.46. The van der Waals surface area contributed by atoms with Gasteiger partial charge in [-0.1, -0.05) is 0 Å². The molecule has 0 unspecified atom stereocenters. The number of hydrogen-bond acceptors (Lipinski definition) is 4. The van der Waals surface area contributed by atoms with Crippen molar-refractivity contribution in [1.82, 2.24) is 0 Å². The molecule has 18 heavy (non-hydrogen) atoms. The zero-order chi connectivity index (χ0) is 14.0. The second kappa shape index (κ2) is 5.17. The van der Waals surface area contributed by atoms with Crippen molar-refractivity contribution in [2.24, 2.45) is 5.41 Å². The van der Waals surface area contributed by atoms with Crippen LogP contribution in [-0.2, 0) is 19.4 Å². The van der Waals surface area contributed by atoms with Crippen LogP contribution in [0.5, 0.6) is 0 Å². The second-order valence-corrected chi connectivity index (χ2v) is 8.06. The number of methoxy groups -OCH3 is 1. The first kappa shape index (κ1) is 15.4. The third-order valence-electron chi connectivity index (χ3n) is 3.58. The average Bonchev–Trinajstić information content (AvgIpc) is 2.93. The number of sulfone groups is 1. The monoisotopic (exact) mass is 278 g/mol. The van der Waals surface area contributed by atoms with Crippen LogP contribution in [0.4, 0.5) is 0 Å². The molecule has 0 heterocycles. The number of carbonyl (C=O) groups is 1. The Hall–Kier alpha value is -0.620.